The zero-order valence-electron chi connectivity index (χ0n) is 9.27. The first-order chi connectivity index (χ1) is 7.81. The molecule has 3 nitrogen and oxygen atoms in total. The molecule has 1 heterocycles. The van der Waals surface area contributed by atoms with Gasteiger partial charge in [0, 0.05) is 24.5 Å². The molecule has 0 fully saturated rings. The smallest absolute Gasteiger partial charge is 0.106 e. The normalized spacial score (nSPS) is 12.6. The van der Waals surface area contributed by atoms with Crippen molar-refractivity contribution in [3.05, 3.63) is 59.4 Å². The summed E-state index contributed by atoms with van der Waals surface area (Å²) in [6, 6.07) is 9.86. The standard InChI is InChI=1S/C13H16N2O/c1-14-8-10-3-2-4-11(7-10)13(16)12-5-6-15-9-12/h2-7,9,13-16H,8H2,1H3. The monoisotopic (exact) mass is 216 g/mol. The number of benzene rings is 1. The first-order valence-electron chi connectivity index (χ1n) is 5.35. The molecule has 0 saturated carbocycles. The highest BCUT2D eigenvalue weighted by molar-refractivity contribution is 5.31. The van der Waals surface area contributed by atoms with E-state index in [0.717, 1.165) is 17.7 Å². The molecule has 84 valence electrons. The van der Waals surface area contributed by atoms with E-state index in [1.165, 1.54) is 5.56 Å². The molecule has 0 bridgehead atoms. The second-order valence-electron chi connectivity index (χ2n) is 3.82. The van der Waals surface area contributed by atoms with Crippen molar-refractivity contribution in [2.45, 2.75) is 12.6 Å². The van der Waals surface area contributed by atoms with E-state index in [1.54, 1.807) is 0 Å². The molecule has 0 aliphatic rings. The second kappa shape index (κ2) is 4.96. The maximum absolute atomic E-state index is 10.1. The fraction of sp³-hybridized carbons (Fsp3) is 0.231. The van der Waals surface area contributed by atoms with E-state index in [2.05, 4.69) is 10.3 Å². The van der Waals surface area contributed by atoms with Crippen LogP contribution in [-0.2, 0) is 6.54 Å². The van der Waals surface area contributed by atoms with Crippen molar-refractivity contribution in [3.63, 3.8) is 0 Å². The fourth-order valence-corrected chi connectivity index (χ4v) is 1.78. The molecule has 1 aromatic heterocycles. The Labute approximate surface area is 95.1 Å². The number of aromatic amines is 1. The van der Waals surface area contributed by atoms with Crippen molar-refractivity contribution < 1.29 is 5.11 Å². The van der Waals surface area contributed by atoms with Crippen LogP contribution in [0.1, 0.15) is 22.8 Å². The van der Waals surface area contributed by atoms with Crippen LogP contribution < -0.4 is 5.32 Å². The molecule has 2 aromatic rings. The van der Waals surface area contributed by atoms with E-state index >= 15 is 0 Å². The van der Waals surface area contributed by atoms with Crippen LogP contribution in [0.3, 0.4) is 0 Å². The zero-order valence-corrected chi connectivity index (χ0v) is 9.27. The lowest BCUT2D eigenvalue weighted by atomic mass is 10.0. The Morgan fingerprint density at radius 3 is 2.88 bits per heavy atom. The molecular formula is C13H16N2O. The Morgan fingerprint density at radius 1 is 1.31 bits per heavy atom. The van der Waals surface area contributed by atoms with E-state index in [9.17, 15) is 5.11 Å². The molecule has 0 aliphatic carbocycles. The van der Waals surface area contributed by atoms with Gasteiger partial charge in [-0.15, -0.1) is 0 Å². The first kappa shape index (κ1) is 10.9. The molecule has 0 amide bonds. The van der Waals surface area contributed by atoms with E-state index < -0.39 is 6.10 Å². The third-order valence-electron chi connectivity index (χ3n) is 2.59. The summed E-state index contributed by atoms with van der Waals surface area (Å²) < 4.78 is 0. The quantitative estimate of drug-likeness (QED) is 0.730. The van der Waals surface area contributed by atoms with Crippen molar-refractivity contribution in [2.75, 3.05) is 7.05 Å². The molecule has 2 rings (SSSR count). The predicted molar refractivity (Wildman–Crippen MR) is 64.1 cm³/mol. The number of aliphatic hydroxyl groups excluding tert-OH is 1. The highest BCUT2D eigenvalue weighted by Crippen LogP contribution is 2.21. The molecule has 1 atom stereocenters. The summed E-state index contributed by atoms with van der Waals surface area (Å²) in [5, 5.41) is 13.2. The Kier molecular flexibility index (Phi) is 3.39. The van der Waals surface area contributed by atoms with Crippen molar-refractivity contribution in [2.24, 2.45) is 0 Å². The Balaban J connectivity index is 2.23. The van der Waals surface area contributed by atoms with Gasteiger partial charge in [0.2, 0.25) is 0 Å². The van der Waals surface area contributed by atoms with Crippen molar-refractivity contribution in [1.82, 2.24) is 10.3 Å². The van der Waals surface area contributed by atoms with Crippen LogP contribution in [0.25, 0.3) is 0 Å². The minimum Gasteiger partial charge on any atom is -0.384 e. The summed E-state index contributed by atoms with van der Waals surface area (Å²) in [5.41, 5.74) is 2.99. The summed E-state index contributed by atoms with van der Waals surface area (Å²) in [6.45, 7) is 0.813. The van der Waals surface area contributed by atoms with Gasteiger partial charge < -0.3 is 15.4 Å². The number of nitrogens with one attached hydrogen (secondary N) is 2. The summed E-state index contributed by atoms with van der Waals surface area (Å²) in [5.74, 6) is 0. The van der Waals surface area contributed by atoms with Crippen molar-refractivity contribution in [1.29, 1.82) is 0 Å². The number of aromatic nitrogens is 1. The van der Waals surface area contributed by atoms with Crippen LogP contribution in [-0.4, -0.2) is 17.1 Å². The molecule has 0 aliphatic heterocycles. The lowest BCUT2D eigenvalue weighted by Gasteiger charge is -2.10. The maximum atomic E-state index is 10.1. The molecule has 1 aromatic carbocycles. The predicted octanol–water partition coefficient (Wildman–Crippen LogP) is 1.82. The van der Waals surface area contributed by atoms with Gasteiger partial charge in [0.1, 0.15) is 6.10 Å². The molecule has 3 heteroatoms. The van der Waals surface area contributed by atoms with Gasteiger partial charge in [-0.1, -0.05) is 24.3 Å². The van der Waals surface area contributed by atoms with Gasteiger partial charge in [-0.2, -0.15) is 0 Å². The van der Waals surface area contributed by atoms with Gasteiger partial charge in [0.05, 0.1) is 0 Å². The topological polar surface area (TPSA) is 48.0 Å². The molecular weight excluding hydrogens is 200 g/mol. The van der Waals surface area contributed by atoms with Crippen LogP contribution in [0.5, 0.6) is 0 Å². The number of H-pyrrole nitrogens is 1. The van der Waals surface area contributed by atoms with Crippen LogP contribution in [0.2, 0.25) is 0 Å². The molecule has 3 N–H and O–H groups in total. The van der Waals surface area contributed by atoms with Crippen LogP contribution in [0, 0.1) is 0 Å². The SMILES string of the molecule is CNCc1cccc(C(O)c2cc[nH]c2)c1. The highest BCUT2D eigenvalue weighted by atomic mass is 16.3. The second-order valence-corrected chi connectivity index (χ2v) is 3.82. The largest absolute Gasteiger partial charge is 0.384 e. The number of hydrogen-bond donors (Lipinski definition) is 3. The minimum atomic E-state index is -0.553. The van der Waals surface area contributed by atoms with Crippen LogP contribution in [0.15, 0.2) is 42.7 Å². The molecule has 0 spiro atoms. The van der Waals surface area contributed by atoms with E-state index in [0.29, 0.717) is 0 Å². The van der Waals surface area contributed by atoms with Crippen LogP contribution >= 0.6 is 0 Å². The third kappa shape index (κ3) is 2.32. The van der Waals surface area contributed by atoms with E-state index in [1.807, 2.05) is 49.8 Å². The average molecular weight is 216 g/mol. The van der Waals surface area contributed by atoms with Gasteiger partial charge >= 0.3 is 0 Å². The molecule has 0 radical (unpaired) electrons. The third-order valence-corrected chi connectivity index (χ3v) is 2.59. The van der Waals surface area contributed by atoms with Gasteiger partial charge in [-0.25, -0.2) is 0 Å². The zero-order chi connectivity index (χ0) is 11.4. The lowest BCUT2D eigenvalue weighted by Crippen LogP contribution is -2.06. The fourth-order valence-electron chi connectivity index (χ4n) is 1.78. The van der Waals surface area contributed by atoms with Gasteiger partial charge in [0.15, 0.2) is 0 Å². The Hall–Kier alpha value is -1.58. The Morgan fingerprint density at radius 2 is 2.19 bits per heavy atom. The number of hydrogen-bond acceptors (Lipinski definition) is 2. The van der Waals surface area contributed by atoms with Crippen LogP contribution in [0.4, 0.5) is 0 Å². The van der Waals surface area contributed by atoms with Gasteiger partial charge in [0.25, 0.3) is 0 Å². The summed E-state index contributed by atoms with van der Waals surface area (Å²) in [7, 11) is 1.91. The summed E-state index contributed by atoms with van der Waals surface area (Å²) in [4.78, 5) is 2.95. The van der Waals surface area contributed by atoms with E-state index in [4.69, 9.17) is 0 Å². The van der Waals surface area contributed by atoms with Gasteiger partial charge in [-0.05, 0) is 24.2 Å². The lowest BCUT2D eigenvalue weighted by molar-refractivity contribution is 0.220. The summed E-state index contributed by atoms with van der Waals surface area (Å²) in [6.07, 6.45) is 3.08. The Bertz CT molecular complexity index is 437. The highest BCUT2D eigenvalue weighted by Gasteiger charge is 2.10. The first-order valence-corrected chi connectivity index (χ1v) is 5.35. The average Bonchev–Trinajstić information content (AvgIpc) is 2.82. The molecule has 16 heavy (non-hydrogen) atoms. The minimum absolute atomic E-state index is 0.553. The molecule has 0 saturated heterocycles. The number of rotatable bonds is 4. The number of aliphatic hydroxyl groups is 1. The summed E-state index contributed by atoms with van der Waals surface area (Å²) >= 11 is 0. The maximum Gasteiger partial charge on any atom is 0.106 e. The van der Waals surface area contributed by atoms with Crippen molar-refractivity contribution in [3.8, 4) is 0 Å². The van der Waals surface area contributed by atoms with Crippen molar-refractivity contribution >= 4 is 0 Å². The molecule has 1 unspecified atom stereocenters. The van der Waals surface area contributed by atoms with E-state index in [-0.39, 0.29) is 0 Å². The van der Waals surface area contributed by atoms with Gasteiger partial charge in [-0.3, -0.25) is 0 Å².